The third kappa shape index (κ3) is 3.46. The SMILES string of the molecule is CCN(CC)C(=O)c1cc(NCC2CC2C)ccn1. The highest BCUT2D eigenvalue weighted by atomic mass is 16.2. The number of carbonyl (C=O) groups is 1. The lowest BCUT2D eigenvalue weighted by Gasteiger charge is -2.18. The smallest absolute Gasteiger partial charge is 0.272 e. The van der Waals surface area contributed by atoms with Crippen molar-refractivity contribution in [3.63, 3.8) is 0 Å². The van der Waals surface area contributed by atoms with Gasteiger partial charge in [-0.05, 0) is 44.2 Å². The summed E-state index contributed by atoms with van der Waals surface area (Å²) in [6.07, 6.45) is 3.01. The molecule has 0 aliphatic heterocycles. The lowest BCUT2D eigenvalue weighted by molar-refractivity contribution is 0.0767. The van der Waals surface area contributed by atoms with Crippen molar-refractivity contribution in [1.82, 2.24) is 9.88 Å². The van der Waals surface area contributed by atoms with Gasteiger partial charge in [0.2, 0.25) is 0 Å². The largest absolute Gasteiger partial charge is 0.385 e. The second kappa shape index (κ2) is 6.04. The van der Waals surface area contributed by atoms with E-state index in [1.165, 1.54) is 6.42 Å². The van der Waals surface area contributed by atoms with Crippen molar-refractivity contribution in [1.29, 1.82) is 0 Å². The minimum atomic E-state index is 0.00781. The van der Waals surface area contributed by atoms with Gasteiger partial charge in [0.25, 0.3) is 5.91 Å². The fourth-order valence-electron chi connectivity index (χ4n) is 2.26. The van der Waals surface area contributed by atoms with Crippen LogP contribution in [0.3, 0.4) is 0 Å². The molecule has 2 rings (SSSR count). The summed E-state index contributed by atoms with van der Waals surface area (Å²) in [4.78, 5) is 18.2. The van der Waals surface area contributed by atoms with Crippen LogP contribution in [0, 0.1) is 11.8 Å². The first kappa shape index (κ1) is 13.8. The van der Waals surface area contributed by atoms with E-state index in [9.17, 15) is 4.79 Å². The Hall–Kier alpha value is -1.58. The Balaban J connectivity index is 1.99. The first-order valence-corrected chi connectivity index (χ1v) is 7.14. The van der Waals surface area contributed by atoms with Crippen LogP contribution in [0.1, 0.15) is 37.7 Å². The first-order valence-electron chi connectivity index (χ1n) is 7.14. The van der Waals surface area contributed by atoms with Crippen LogP contribution >= 0.6 is 0 Å². The van der Waals surface area contributed by atoms with Gasteiger partial charge in [-0.1, -0.05) is 6.92 Å². The number of hydrogen-bond donors (Lipinski definition) is 1. The van der Waals surface area contributed by atoms with Gasteiger partial charge < -0.3 is 10.2 Å². The monoisotopic (exact) mass is 261 g/mol. The Morgan fingerprint density at radius 3 is 2.74 bits per heavy atom. The molecule has 1 saturated carbocycles. The molecule has 4 heteroatoms. The second-order valence-electron chi connectivity index (χ2n) is 5.26. The van der Waals surface area contributed by atoms with Gasteiger partial charge in [-0.3, -0.25) is 9.78 Å². The topological polar surface area (TPSA) is 45.2 Å². The van der Waals surface area contributed by atoms with Gasteiger partial charge in [0.15, 0.2) is 0 Å². The molecule has 4 nitrogen and oxygen atoms in total. The minimum absolute atomic E-state index is 0.00781. The summed E-state index contributed by atoms with van der Waals surface area (Å²) < 4.78 is 0. The number of amides is 1. The van der Waals surface area contributed by atoms with Crippen molar-refractivity contribution in [2.45, 2.75) is 27.2 Å². The Morgan fingerprint density at radius 2 is 2.16 bits per heavy atom. The molecule has 19 heavy (non-hydrogen) atoms. The molecule has 1 amide bonds. The van der Waals surface area contributed by atoms with Gasteiger partial charge in [-0.25, -0.2) is 0 Å². The standard InChI is InChI=1S/C15H23N3O/c1-4-18(5-2)15(19)14-9-13(6-7-16-14)17-10-12-8-11(12)3/h6-7,9,11-12H,4-5,8,10H2,1-3H3,(H,16,17). The van der Waals surface area contributed by atoms with Crippen molar-refractivity contribution in [3.8, 4) is 0 Å². The molecule has 1 fully saturated rings. The third-order valence-corrected chi connectivity index (χ3v) is 3.87. The molecule has 0 spiro atoms. The maximum absolute atomic E-state index is 12.2. The van der Waals surface area contributed by atoms with Crippen LogP contribution in [0.15, 0.2) is 18.3 Å². The van der Waals surface area contributed by atoms with E-state index in [2.05, 4.69) is 17.2 Å². The first-order chi connectivity index (χ1) is 9.15. The summed E-state index contributed by atoms with van der Waals surface area (Å²) in [5.74, 6) is 1.63. The summed E-state index contributed by atoms with van der Waals surface area (Å²) in [7, 11) is 0. The van der Waals surface area contributed by atoms with Gasteiger partial charge in [0.05, 0.1) is 0 Å². The number of rotatable bonds is 6. The van der Waals surface area contributed by atoms with E-state index in [0.29, 0.717) is 18.8 Å². The summed E-state index contributed by atoms with van der Waals surface area (Å²) >= 11 is 0. The zero-order valence-electron chi connectivity index (χ0n) is 12.0. The average molecular weight is 261 g/mol. The lowest BCUT2D eigenvalue weighted by Crippen LogP contribution is -2.31. The van der Waals surface area contributed by atoms with Crippen molar-refractivity contribution in [3.05, 3.63) is 24.0 Å². The highest BCUT2D eigenvalue weighted by Gasteiger charge is 2.31. The second-order valence-corrected chi connectivity index (χ2v) is 5.26. The van der Waals surface area contributed by atoms with Gasteiger partial charge in [-0.15, -0.1) is 0 Å². The van der Waals surface area contributed by atoms with Crippen molar-refractivity contribution in [2.24, 2.45) is 11.8 Å². The number of carbonyl (C=O) groups excluding carboxylic acids is 1. The Labute approximate surface area is 115 Å². The Morgan fingerprint density at radius 1 is 1.47 bits per heavy atom. The molecule has 2 atom stereocenters. The lowest BCUT2D eigenvalue weighted by atomic mass is 10.2. The quantitative estimate of drug-likeness (QED) is 0.856. The van der Waals surface area contributed by atoms with Crippen LogP contribution in [0.5, 0.6) is 0 Å². The van der Waals surface area contributed by atoms with E-state index in [1.54, 1.807) is 11.1 Å². The number of anilines is 1. The summed E-state index contributed by atoms with van der Waals surface area (Å²) in [5.41, 5.74) is 1.52. The normalized spacial score (nSPS) is 21.0. The van der Waals surface area contributed by atoms with E-state index in [4.69, 9.17) is 0 Å². The predicted molar refractivity (Wildman–Crippen MR) is 77.2 cm³/mol. The molecule has 2 unspecified atom stereocenters. The van der Waals surface area contributed by atoms with E-state index in [0.717, 1.165) is 24.1 Å². The van der Waals surface area contributed by atoms with Crippen LogP contribution < -0.4 is 5.32 Å². The fraction of sp³-hybridized carbons (Fsp3) is 0.600. The molecular formula is C15H23N3O. The summed E-state index contributed by atoms with van der Waals surface area (Å²) in [5, 5.41) is 3.40. The molecule has 1 aromatic heterocycles. The summed E-state index contributed by atoms with van der Waals surface area (Å²) in [6, 6.07) is 3.78. The predicted octanol–water partition coefficient (Wildman–Crippen LogP) is 2.63. The summed E-state index contributed by atoms with van der Waals surface area (Å²) in [6.45, 7) is 8.66. The van der Waals surface area contributed by atoms with E-state index in [1.807, 2.05) is 26.0 Å². The van der Waals surface area contributed by atoms with Gasteiger partial charge in [0.1, 0.15) is 5.69 Å². The third-order valence-electron chi connectivity index (χ3n) is 3.87. The van der Waals surface area contributed by atoms with Gasteiger partial charge >= 0.3 is 0 Å². The van der Waals surface area contributed by atoms with Crippen LogP contribution in [0.2, 0.25) is 0 Å². The average Bonchev–Trinajstić information content (AvgIpc) is 3.14. The molecule has 1 aromatic rings. The van der Waals surface area contributed by atoms with Crippen LogP contribution in [-0.2, 0) is 0 Å². The number of hydrogen-bond acceptors (Lipinski definition) is 3. The van der Waals surface area contributed by atoms with Gasteiger partial charge in [0, 0.05) is 31.5 Å². The molecule has 0 bridgehead atoms. The van der Waals surface area contributed by atoms with E-state index < -0.39 is 0 Å². The molecule has 1 N–H and O–H groups in total. The van der Waals surface area contributed by atoms with Crippen LogP contribution in [0.4, 0.5) is 5.69 Å². The highest BCUT2D eigenvalue weighted by molar-refractivity contribution is 5.93. The van der Waals surface area contributed by atoms with Crippen molar-refractivity contribution >= 4 is 11.6 Å². The van der Waals surface area contributed by atoms with Crippen molar-refractivity contribution < 1.29 is 4.79 Å². The number of pyridine rings is 1. The number of aromatic nitrogens is 1. The molecule has 0 aromatic carbocycles. The molecule has 1 heterocycles. The van der Waals surface area contributed by atoms with Crippen LogP contribution in [0.25, 0.3) is 0 Å². The Kier molecular flexibility index (Phi) is 4.40. The fourth-order valence-corrected chi connectivity index (χ4v) is 2.26. The van der Waals surface area contributed by atoms with Gasteiger partial charge in [-0.2, -0.15) is 0 Å². The maximum Gasteiger partial charge on any atom is 0.272 e. The minimum Gasteiger partial charge on any atom is -0.385 e. The maximum atomic E-state index is 12.2. The molecule has 1 aliphatic rings. The molecule has 1 aliphatic carbocycles. The highest BCUT2D eigenvalue weighted by Crippen LogP contribution is 2.37. The van der Waals surface area contributed by atoms with E-state index >= 15 is 0 Å². The molecule has 0 radical (unpaired) electrons. The molecular weight excluding hydrogens is 238 g/mol. The number of nitrogens with one attached hydrogen (secondary N) is 1. The van der Waals surface area contributed by atoms with Crippen molar-refractivity contribution in [2.75, 3.05) is 25.0 Å². The van der Waals surface area contributed by atoms with E-state index in [-0.39, 0.29) is 5.91 Å². The Bertz CT molecular complexity index is 443. The molecule has 104 valence electrons. The zero-order chi connectivity index (χ0) is 13.8. The zero-order valence-corrected chi connectivity index (χ0v) is 12.0. The number of nitrogens with zero attached hydrogens (tertiary/aromatic N) is 2. The van der Waals surface area contributed by atoms with Crippen LogP contribution in [-0.4, -0.2) is 35.4 Å². The molecule has 0 saturated heterocycles.